The van der Waals surface area contributed by atoms with E-state index in [1.54, 1.807) is 30.0 Å². The standard InChI is InChI=1S/C22H27NO4S/c1-16-6-9-19(10-7-16)28-14-12-23-22(25)5-4-13-27-20-11-8-18(17(2)24)15-21(20)26-3/h6-11,15H,4-5,12-14H2,1-3H3,(H,23,25). The van der Waals surface area contributed by atoms with Crippen LogP contribution in [-0.4, -0.2) is 37.7 Å². The van der Waals surface area contributed by atoms with E-state index in [1.807, 2.05) is 0 Å². The first-order valence-corrected chi connectivity index (χ1v) is 10.3. The molecule has 0 heterocycles. The molecule has 5 nitrogen and oxygen atoms in total. The summed E-state index contributed by atoms with van der Waals surface area (Å²) in [7, 11) is 1.54. The third-order valence-electron chi connectivity index (χ3n) is 4.09. The smallest absolute Gasteiger partial charge is 0.220 e. The monoisotopic (exact) mass is 401 g/mol. The predicted octanol–water partition coefficient (Wildman–Crippen LogP) is 4.27. The van der Waals surface area contributed by atoms with Crippen molar-refractivity contribution >= 4 is 23.5 Å². The molecule has 0 saturated carbocycles. The number of amides is 1. The number of hydrogen-bond acceptors (Lipinski definition) is 5. The number of ketones is 1. The van der Waals surface area contributed by atoms with E-state index in [2.05, 4.69) is 36.5 Å². The highest BCUT2D eigenvalue weighted by Crippen LogP contribution is 2.28. The molecule has 0 fully saturated rings. The van der Waals surface area contributed by atoms with Crippen LogP contribution in [0.1, 0.15) is 35.7 Å². The first-order chi connectivity index (χ1) is 13.5. The summed E-state index contributed by atoms with van der Waals surface area (Å²) in [6, 6.07) is 13.5. The zero-order chi connectivity index (χ0) is 20.4. The fraction of sp³-hybridized carbons (Fsp3) is 0.364. The Labute approximate surface area is 170 Å². The maximum absolute atomic E-state index is 11.9. The fourth-order valence-corrected chi connectivity index (χ4v) is 3.27. The van der Waals surface area contributed by atoms with Crippen LogP contribution >= 0.6 is 11.8 Å². The molecule has 2 rings (SSSR count). The molecule has 1 amide bonds. The number of Topliss-reactive ketones (excluding diaryl/α,β-unsaturated/α-hetero) is 1. The maximum atomic E-state index is 11.9. The number of benzene rings is 2. The minimum Gasteiger partial charge on any atom is -0.493 e. The zero-order valence-corrected chi connectivity index (χ0v) is 17.4. The zero-order valence-electron chi connectivity index (χ0n) is 16.6. The second kappa shape index (κ2) is 11.4. The molecule has 0 aromatic heterocycles. The summed E-state index contributed by atoms with van der Waals surface area (Å²) in [5, 5.41) is 2.93. The molecule has 0 saturated heterocycles. The van der Waals surface area contributed by atoms with Gasteiger partial charge in [0.2, 0.25) is 5.91 Å². The quantitative estimate of drug-likeness (QED) is 0.346. The number of carbonyl (C=O) groups excluding carboxylic acids is 2. The highest BCUT2D eigenvalue weighted by molar-refractivity contribution is 7.99. The lowest BCUT2D eigenvalue weighted by molar-refractivity contribution is -0.121. The Kier molecular flexibility index (Phi) is 8.88. The molecule has 2 aromatic carbocycles. The Bertz CT molecular complexity index is 790. The lowest BCUT2D eigenvalue weighted by Gasteiger charge is -2.11. The van der Waals surface area contributed by atoms with Crippen LogP contribution in [0.3, 0.4) is 0 Å². The van der Waals surface area contributed by atoms with Gasteiger partial charge in [-0.3, -0.25) is 9.59 Å². The Balaban J connectivity index is 1.63. The average Bonchev–Trinajstić information content (AvgIpc) is 2.69. The van der Waals surface area contributed by atoms with Crippen LogP contribution in [0, 0.1) is 6.92 Å². The summed E-state index contributed by atoms with van der Waals surface area (Å²) < 4.78 is 10.9. The molecule has 0 aliphatic carbocycles. The Hall–Kier alpha value is -2.47. The molecule has 0 spiro atoms. The van der Waals surface area contributed by atoms with Gasteiger partial charge in [0.1, 0.15) is 0 Å². The van der Waals surface area contributed by atoms with Crippen LogP contribution in [0.2, 0.25) is 0 Å². The van der Waals surface area contributed by atoms with E-state index < -0.39 is 0 Å². The molecule has 0 atom stereocenters. The lowest BCUT2D eigenvalue weighted by Crippen LogP contribution is -2.25. The van der Waals surface area contributed by atoms with Crippen LogP contribution in [0.5, 0.6) is 11.5 Å². The summed E-state index contributed by atoms with van der Waals surface area (Å²) in [5.74, 6) is 1.92. The van der Waals surface area contributed by atoms with Crippen molar-refractivity contribution in [3.63, 3.8) is 0 Å². The first kappa shape index (κ1) is 21.8. The van der Waals surface area contributed by atoms with Crippen LogP contribution in [-0.2, 0) is 4.79 Å². The third-order valence-corrected chi connectivity index (χ3v) is 5.10. The number of carbonyl (C=O) groups is 2. The van der Waals surface area contributed by atoms with E-state index in [0.29, 0.717) is 43.1 Å². The van der Waals surface area contributed by atoms with Crippen molar-refractivity contribution in [1.82, 2.24) is 5.32 Å². The fourth-order valence-electron chi connectivity index (χ4n) is 2.50. The van der Waals surface area contributed by atoms with Crippen molar-refractivity contribution in [1.29, 1.82) is 0 Å². The Morgan fingerprint density at radius 3 is 2.50 bits per heavy atom. The van der Waals surface area contributed by atoms with E-state index in [0.717, 1.165) is 5.75 Å². The molecular formula is C22H27NO4S. The minimum atomic E-state index is -0.0259. The molecule has 2 aromatic rings. The Morgan fingerprint density at radius 2 is 1.82 bits per heavy atom. The number of rotatable bonds is 11. The number of hydrogen-bond donors (Lipinski definition) is 1. The second-order valence-corrected chi connectivity index (χ2v) is 7.55. The van der Waals surface area contributed by atoms with Gasteiger partial charge in [-0.05, 0) is 50.6 Å². The molecule has 0 aliphatic heterocycles. The van der Waals surface area contributed by atoms with Gasteiger partial charge in [0.15, 0.2) is 17.3 Å². The van der Waals surface area contributed by atoms with Gasteiger partial charge >= 0.3 is 0 Å². The number of thioether (sulfide) groups is 1. The van der Waals surface area contributed by atoms with E-state index >= 15 is 0 Å². The summed E-state index contributed by atoms with van der Waals surface area (Å²) in [4.78, 5) is 24.5. The molecule has 28 heavy (non-hydrogen) atoms. The summed E-state index contributed by atoms with van der Waals surface area (Å²) in [5.41, 5.74) is 1.82. The first-order valence-electron chi connectivity index (χ1n) is 9.27. The Morgan fingerprint density at radius 1 is 1.07 bits per heavy atom. The topological polar surface area (TPSA) is 64.6 Å². The van der Waals surface area contributed by atoms with E-state index in [1.165, 1.54) is 24.5 Å². The van der Waals surface area contributed by atoms with Gasteiger partial charge in [-0.1, -0.05) is 17.7 Å². The van der Waals surface area contributed by atoms with E-state index in [-0.39, 0.29) is 11.7 Å². The number of methoxy groups -OCH3 is 1. The van der Waals surface area contributed by atoms with Crippen molar-refractivity contribution in [2.45, 2.75) is 31.6 Å². The van der Waals surface area contributed by atoms with E-state index in [4.69, 9.17) is 9.47 Å². The molecule has 0 unspecified atom stereocenters. The molecule has 6 heteroatoms. The van der Waals surface area contributed by atoms with Crippen LogP contribution in [0.4, 0.5) is 0 Å². The number of ether oxygens (including phenoxy) is 2. The largest absolute Gasteiger partial charge is 0.493 e. The van der Waals surface area contributed by atoms with Gasteiger partial charge in [-0.25, -0.2) is 0 Å². The molecular weight excluding hydrogens is 374 g/mol. The lowest BCUT2D eigenvalue weighted by atomic mass is 10.1. The molecule has 0 radical (unpaired) electrons. The third kappa shape index (κ3) is 7.27. The highest BCUT2D eigenvalue weighted by atomic mass is 32.2. The van der Waals surface area contributed by atoms with Gasteiger partial charge in [-0.2, -0.15) is 0 Å². The van der Waals surface area contributed by atoms with Crippen molar-refractivity contribution in [3.8, 4) is 11.5 Å². The van der Waals surface area contributed by atoms with Crippen LogP contribution < -0.4 is 14.8 Å². The second-order valence-electron chi connectivity index (χ2n) is 6.39. The molecule has 150 valence electrons. The SMILES string of the molecule is COc1cc(C(C)=O)ccc1OCCCC(=O)NCCSc1ccc(C)cc1. The maximum Gasteiger partial charge on any atom is 0.220 e. The number of nitrogens with one attached hydrogen (secondary N) is 1. The molecule has 0 aliphatic rings. The molecule has 1 N–H and O–H groups in total. The van der Waals surface area contributed by atoms with E-state index in [9.17, 15) is 9.59 Å². The highest BCUT2D eigenvalue weighted by Gasteiger charge is 2.09. The van der Waals surface area contributed by atoms with Gasteiger partial charge in [0.05, 0.1) is 13.7 Å². The van der Waals surface area contributed by atoms with Gasteiger partial charge in [0, 0.05) is 29.2 Å². The van der Waals surface area contributed by atoms with Crippen molar-refractivity contribution < 1.29 is 19.1 Å². The van der Waals surface area contributed by atoms with Crippen LogP contribution in [0.15, 0.2) is 47.4 Å². The summed E-state index contributed by atoms with van der Waals surface area (Å²) in [6.45, 7) is 4.61. The van der Waals surface area contributed by atoms with Gasteiger partial charge in [-0.15, -0.1) is 11.8 Å². The minimum absolute atomic E-state index is 0.0204. The number of aryl methyl sites for hydroxylation is 1. The van der Waals surface area contributed by atoms with Crippen LogP contribution in [0.25, 0.3) is 0 Å². The van der Waals surface area contributed by atoms with Crippen molar-refractivity contribution in [2.24, 2.45) is 0 Å². The summed E-state index contributed by atoms with van der Waals surface area (Å²) in [6.07, 6.45) is 1.01. The van der Waals surface area contributed by atoms with Crippen molar-refractivity contribution in [3.05, 3.63) is 53.6 Å². The molecule has 0 bridgehead atoms. The normalized spacial score (nSPS) is 10.4. The van der Waals surface area contributed by atoms with Gasteiger partial charge in [0.25, 0.3) is 0 Å². The van der Waals surface area contributed by atoms with Gasteiger partial charge < -0.3 is 14.8 Å². The average molecular weight is 402 g/mol. The predicted molar refractivity (Wildman–Crippen MR) is 113 cm³/mol. The van der Waals surface area contributed by atoms with Crippen molar-refractivity contribution in [2.75, 3.05) is 26.0 Å². The summed E-state index contributed by atoms with van der Waals surface area (Å²) >= 11 is 1.73.